The SMILES string of the molecule is c1ccc(-c2cc3c4c(nc(-n5c6ccccc6c6cc(-c7ccc8c(c7)c7ccccc7n8-c7ccccc7)ccc65)nc4n2)-c2ccccc2O3)cc1. The highest BCUT2D eigenvalue weighted by atomic mass is 16.5. The van der Waals surface area contributed by atoms with Gasteiger partial charge in [0.2, 0.25) is 5.95 Å². The third-order valence-corrected chi connectivity index (χ3v) is 10.9. The Kier molecular flexibility index (Phi) is 6.24. The Morgan fingerprint density at radius 2 is 0.982 bits per heavy atom. The van der Waals surface area contributed by atoms with Crippen molar-refractivity contribution in [1.29, 1.82) is 0 Å². The largest absolute Gasteiger partial charge is 0.456 e. The van der Waals surface area contributed by atoms with Gasteiger partial charge in [-0.3, -0.25) is 4.57 Å². The van der Waals surface area contributed by atoms with E-state index in [1.165, 1.54) is 21.8 Å². The Balaban J connectivity index is 1.07. The Bertz CT molecular complexity index is 3350. The third kappa shape index (κ3) is 4.46. The molecule has 0 atom stereocenters. The first-order valence-electron chi connectivity index (χ1n) is 18.4. The number of rotatable bonds is 4. The lowest BCUT2D eigenvalue weighted by atomic mass is 10.0. The van der Waals surface area contributed by atoms with E-state index in [2.05, 4.69) is 143 Å². The average molecular weight is 704 g/mol. The number of ether oxygens (including phenoxy) is 1. The summed E-state index contributed by atoms with van der Waals surface area (Å²) in [6.07, 6.45) is 0. The Morgan fingerprint density at radius 1 is 0.400 bits per heavy atom. The van der Waals surface area contributed by atoms with Gasteiger partial charge in [-0.2, -0.15) is 4.98 Å². The molecule has 5 heterocycles. The summed E-state index contributed by atoms with van der Waals surface area (Å²) in [7, 11) is 0. The van der Waals surface area contributed by atoms with E-state index in [1.54, 1.807) is 0 Å². The van der Waals surface area contributed by atoms with Crippen molar-refractivity contribution in [3.63, 3.8) is 0 Å². The lowest BCUT2D eigenvalue weighted by Crippen LogP contribution is -2.08. The van der Waals surface area contributed by atoms with Crippen molar-refractivity contribution in [2.45, 2.75) is 0 Å². The quantitative estimate of drug-likeness (QED) is 0.183. The van der Waals surface area contributed by atoms with Gasteiger partial charge < -0.3 is 9.30 Å². The summed E-state index contributed by atoms with van der Waals surface area (Å²) in [6.45, 7) is 0. The van der Waals surface area contributed by atoms with Gasteiger partial charge in [-0.25, -0.2) is 9.97 Å². The number of hydrogen-bond acceptors (Lipinski definition) is 4. The van der Waals surface area contributed by atoms with Gasteiger partial charge in [0, 0.05) is 44.4 Å². The van der Waals surface area contributed by atoms with Crippen molar-refractivity contribution < 1.29 is 4.74 Å². The second-order valence-electron chi connectivity index (χ2n) is 14.0. The predicted octanol–water partition coefficient (Wildman–Crippen LogP) is 12.3. The molecule has 0 spiro atoms. The van der Waals surface area contributed by atoms with Crippen molar-refractivity contribution in [3.8, 4) is 56.8 Å². The molecule has 6 nitrogen and oxygen atoms in total. The minimum absolute atomic E-state index is 0.567. The summed E-state index contributed by atoms with van der Waals surface area (Å²) in [4.78, 5) is 15.7. The minimum atomic E-state index is 0.567. The Morgan fingerprint density at radius 3 is 1.71 bits per heavy atom. The standard InChI is InChI=1S/C49H29N5O/c1-3-13-30(14-4-1)39-29-45-46-47(36-19-9-12-22-44(36)55-45)51-49(52-48(46)50-39)54-41-21-11-8-18-35(41)38-28-32(24-26-43(38)54)31-23-25-42-37(27-31)34-17-7-10-20-40(34)53(42)33-15-5-2-6-16-33/h1-29H. The molecular weight excluding hydrogens is 675 g/mol. The number of nitrogens with zero attached hydrogens (tertiary/aromatic N) is 5. The first-order chi connectivity index (χ1) is 27.3. The van der Waals surface area contributed by atoms with Crippen molar-refractivity contribution in [2.24, 2.45) is 0 Å². The van der Waals surface area contributed by atoms with E-state index in [9.17, 15) is 0 Å². The molecule has 55 heavy (non-hydrogen) atoms. The maximum absolute atomic E-state index is 6.48. The normalized spacial score (nSPS) is 12.1. The summed E-state index contributed by atoms with van der Waals surface area (Å²) in [5, 5.41) is 5.54. The Hall–Kier alpha value is -7.57. The van der Waals surface area contributed by atoms with E-state index >= 15 is 0 Å². The van der Waals surface area contributed by atoms with E-state index in [-0.39, 0.29) is 0 Å². The molecule has 11 aromatic rings. The van der Waals surface area contributed by atoms with Crippen LogP contribution in [0.2, 0.25) is 0 Å². The highest BCUT2D eigenvalue weighted by Gasteiger charge is 2.26. The predicted molar refractivity (Wildman–Crippen MR) is 222 cm³/mol. The second-order valence-corrected chi connectivity index (χ2v) is 14.0. The van der Waals surface area contributed by atoms with Crippen LogP contribution in [-0.4, -0.2) is 24.1 Å². The number of pyridine rings is 1. The lowest BCUT2D eigenvalue weighted by Gasteiger charge is -2.21. The number of para-hydroxylation sites is 4. The second kappa shape index (κ2) is 11.5. The molecule has 0 radical (unpaired) electrons. The zero-order chi connectivity index (χ0) is 36.0. The van der Waals surface area contributed by atoms with E-state index in [0.29, 0.717) is 17.3 Å². The van der Waals surface area contributed by atoms with Crippen molar-refractivity contribution in [2.75, 3.05) is 0 Å². The molecule has 0 fully saturated rings. The number of fused-ring (bicyclic) bond motifs is 8. The van der Waals surface area contributed by atoms with Crippen LogP contribution in [-0.2, 0) is 0 Å². The number of benzene rings is 7. The van der Waals surface area contributed by atoms with Gasteiger partial charge in [-0.05, 0) is 71.8 Å². The van der Waals surface area contributed by atoms with Crippen LogP contribution in [0.5, 0.6) is 11.5 Å². The summed E-state index contributed by atoms with van der Waals surface area (Å²) in [6, 6.07) is 61.6. The molecular formula is C49H29N5O. The van der Waals surface area contributed by atoms with Gasteiger partial charge >= 0.3 is 0 Å². The smallest absolute Gasteiger partial charge is 0.237 e. The van der Waals surface area contributed by atoms with Crippen molar-refractivity contribution >= 4 is 54.6 Å². The summed E-state index contributed by atoms with van der Waals surface area (Å²) >= 11 is 0. The van der Waals surface area contributed by atoms with Crippen LogP contribution in [0.25, 0.3) is 99.9 Å². The van der Waals surface area contributed by atoms with E-state index in [4.69, 9.17) is 19.7 Å². The van der Waals surface area contributed by atoms with Crippen LogP contribution in [0.3, 0.4) is 0 Å². The Labute approximate surface area is 315 Å². The fourth-order valence-corrected chi connectivity index (χ4v) is 8.47. The van der Waals surface area contributed by atoms with E-state index in [0.717, 1.165) is 72.3 Å². The lowest BCUT2D eigenvalue weighted by molar-refractivity contribution is 0.486. The maximum atomic E-state index is 6.48. The zero-order valence-electron chi connectivity index (χ0n) is 29.4. The zero-order valence-corrected chi connectivity index (χ0v) is 29.4. The van der Waals surface area contributed by atoms with Crippen LogP contribution < -0.4 is 4.74 Å². The van der Waals surface area contributed by atoms with Gasteiger partial charge in [-0.1, -0.05) is 109 Å². The molecule has 0 bridgehead atoms. The topological polar surface area (TPSA) is 57.8 Å². The van der Waals surface area contributed by atoms with Crippen molar-refractivity contribution in [3.05, 3.63) is 176 Å². The van der Waals surface area contributed by atoms with Crippen LogP contribution in [0.4, 0.5) is 0 Å². The fourth-order valence-electron chi connectivity index (χ4n) is 8.47. The molecule has 256 valence electrons. The first-order valence-corrected chi connectivity index (χ1v) is 18.4. The molecule has 1 aliphatic heterocycles. The first kappa shape index (κ1) is 29.9. The molecule has 0 N–H and O–H groups in total. The maximum Gasteiger partial charge on any atom is 0.237 e. The summed E-state index contributed by atoms with van der Waals surface area (Å²) in [5.74, 6) is 2.04. The minimum Gasteiger partial charge on any atom is -0.456 e. The van der Waals surface area contributed by atoms with Gasteiger partial charge in [0.1, 0.15) is 11.5 Å². The summed E-state index contributed by atoms with van der Waals surface area (Å²) < 4.78 is 11.0. The highest BCUT2D eigenvalue weighted by molar-refractivity contribution is 6.13. The molecule has 1 aliphatic rings. The van der Waals surface area contributed by atoms with E-state index < -0.39 is 0 Å². The van der Waals surface area contributed by atoms with Gasteiger partial charge in [-0.15, -0.1) is 0 Å². The molecule has 0 aliphatic carbocycles. The van der Waals surface area contributed by atoms with E-state index in [1.807, 2.05) is 42.5 Å². The molecule has 0 saturated heterocycles. The average Bonchev–Trinajstić information content (AvgIpc) is 3.76. The molecule has 4 aromatic heterocycles. The van der Waals surface area contributed by atoms with Crippen LogP contribution in [0.1, 0.15) is 0 Å². The number of aromatic nitrogens is 5. The summed E-state index contributed by atoms with van der Waals surface area (Å²) in [5.41, 5.74) is 12.0. The van der Waals surface area contributed by atoms with Crippen molar-refractivity contribution in [1.82, 2.24) is 24.1 Å². The number of hydrogen-bond donors (Lipinski definition) is 0. The molecule has 0 saturated carbocycles. The molecule has 6 heteroatoms. The van der Waals surface area contributed by atoms with Gasteiger partial charge in [0.15, 0.2) is 5.65 Å². The third-order valence-electron chi connectivity index (χ3n) is 10.9. The molecule has 0 unspecified atom stereocenters. The molecule has 0 amide bonds. The van der Waals surface area contributed by atoms with Crippen LogP contribution in [0, 0.1) is 0 Å². The van der Waals surface area contributed by atoms with Crippen LogP contribution >= 0.6 is 0 Å². The van der Waals surface area contributed by atoms with Crippen LogP contribution in [0.15, 0.2) is 176 Å². The fraction of sp³-hybridized carbons (Fsp3) is 0. The van der Waals surface area contributed by atoms with Gasteiger partial charge in [0.25, 0.3) is 0 Å². The molecule has 7 aromatic carbocycles. The molecule has 12 rings (SSSR count). The highest BCUT2D eigenvalue weighted by Crippen LogP contribution is 2.46. The monoisotopic (exact) mass is 703 g/mol. The van der Waals surface area contributed by atoms with Gasteiger partial charge in [0.05, 0.1) is 38.8 Å².